The van der Waals surface area contributed by atoms with Gasteiger partial charge in [0.25, 0.3) is 0 Å². The standard InChI is InChI=1S/C10H18O2/c1-3-5-7-9(10(11)12)8-6-4-2/h5,7,9H,3-4,6,8H2,1-2H3,(H,11,12)/b7-5+. The maximum atomic E-state index is 10.7. The number of carboxylic acid groups (broad SMARTS) is 1. The summed E-state index contributed by atoms with van der Waals surface area (Å²) in [4.78, 5) is 10.7. The van der Waals surface area contributed by atoms with Crippen LogP contribution >= 0.6 is 0 Å². The first kappa shape index (κ1) is 11.2. The Hall–Kier alpha value is -0.790. The average Bonchev–Trinajstić information content (AvgIpc) is 2.04. The minimum atomic E-state index is -0.701. The van der Waals surface area contributed by atoms with Crippen LogP contribution in [-0.2, 0) is 4.79 Å². The van der Waals surface area contributed by atoms with E-state index in [-0.39, 0.29) is 5.92 Å². The summed E-state index contributed by atoms with van der Waals surface area (Å²) in [5.41, 5.74) is 0. The van der Waals surface area contributed by atoms with E-state index in [2.05, 4.69) is 6.92 Å². The second kappa shape index (κ2) is 6.89. The maximum Gasteiger partial charge on any atom is 0.310 e. The van der Waals surface area contributed by atoms with Gasteiger partial charge in [-0.3, -0.25) is 4.79 Å². The van der Waals surface area contributed by atoms with E-state index in [9.17, 15) is 4.79 Å². The van der Waals surface area contributed by atoms with Crippen molar-refractivity contribution in [2.24, 2.45) is 5.92 Å². The van der Waals surface area contributed by atoms with Crippen molar-refractivity contribution in [2.75, 3.05) is 0 Å². The minimum Gasteiger partial charge on any atom is -0.481 e. The Morgan fingerprint density at radius 1 is 1.50 bits per heavy atom. The molecule has 0 spiro atoms. The maximum absolute atomic E-state index is 10.7. The molecule has 0 amide bonds. The second-order valence-corrected chi connectivity index (χ2v) is 2.92. The molecule has 2 heteroatoms. The van der Waals surface area contributed by atoms with Crippen molar-refractivity contribution >= 4 is 5.97 Å². The Morgan fingerprint density at radius 2 is 2.17 bits per heavy atom. The molecular weight excluding hydrogens is 152 g/mol. The summed E-state index contributed by atoms with van der Waals surface area (Å²) in [5.74, 6) is -0.974. The van der Waals surface area contributed by atoms with E-state index in [1.807, 2.05) is 13.0 Å². The number of carbonyl (C=O) groups is 1. The molecular formula is C10H18O2. The van der Waals surface area contributed by atoms with E-state index in [0.29, 0.717) is 0 Å². The van der Waals surface area contributed by atoms with Crippen LogP contribution in [0.5, 0.6) is 0 Å². The van der Waals surface area contributed by atoms with Crippen molar-refractivity contribution in [3.05, 3.63) is 12.2 Å². The molecule has 2 nitrogen and oxygen atoms in total. The molecule has 1 N–H and O–H groups in total. The van der Waals surface area contributed by atoms with Gasteiger partial charge in [0.15, 0.2) is 0 Å². The summed E-state index contributed by atoms with van der Waals surface area (Å²) >= 11 is 0. The van der Waals surface area contributed by atoms with Crippen LogP contribution in [0, 0.1) is 5.92 Å². The lowest BCUT2D eigenvalue weighted by Crippen LogP contribution is -2.10. The Bertz CT molecular complexity index is 150. The lowest BCUT2D eigenvalue weighted by Gasteiger charge is -2.05. The van der Waals surface area contributed by atoms with Crippen LogP contribution in [0.4, 0.5) is 0 Å². The van der Waals surface area contributed by atoms with Crippen molar-refractivity contribution < 1.29 is 9.90 Å². The normalized spacial score (nSPS) is 13.5. The Kier molecular flexibility index (Phi) is 6.44. The molecule has 0 aromatic heterocycles. The zero-order valence-corrected chi connectivity index (χ0v) is 7.92. The Labute approximate surface area is 74.3 Å². The van der Waals surface area contributed by atoms with Crippen LogP contribution in [0.1, 0.15) is 39.5 Å². The molecule has 1 unspecified atom stereocenters. The van der Waals surface area contributed by atoms with E-state index >= 15 is 0 Å². The van der Waals surface area contributed by atoms with E-state index < -0.39 is 5.97 Å². The number of hydrogen-bond acceptors (Lipinski definition) is 1. The smallest absolute Gasteiger partial charge is 0.310 e. The molecule has 0 heterocycles. The molecule has 0 rings (SSSR count). The third-order valence-corrected chi connectivity index (χ3v) is 1.79. The summed E-state index contributed by atoms with van der Waals surface area (Å²) in [6.45, 7) is 4.08. The molecule has 12 heavy (non-hydrogen) atoms. The van der Waals surface area contributed by atoms with E-state index in [4.69, 9.17) is 5.11 Å². The van der Waals surface area contributed by atoms with Crippen molar-refractivity contribution in [3.63, 3.8) is 0 Å². The summed E-state index contributed by atoms with van der Waals surface area (Å²) < 4.78 is 0. The highest BCUT2D eigenvalue weighted by Gasteiger charge is 2.11. The van der Waals surface area contributed by atoms with Gasteiger partial charge < -0.3 is 5.11 Å². The van der Waals surface area contributed by atoms with Gasteiger partial charge in [-0.25, -0.2) is 0 Å². The van der Waals surface area contributed by atoms with Crippen LogP contribution in [0.15, 0.2) is 12.2 Å². The van der Waals surface area contributed by atoms with Crippen molar-refractivity contribution in [1.82, 2.24) is 0 Å². The number of allylic oxidation sites excluding steroid dienone is 1. The number of aliphatic carboxylic acids is 1. The molecule has 0 saturated carbocycles. The van der Waals surface area contributed by atoms with Gasteiger partial charge in [0, 0.05) is 0 Å². The molecule has 0 aliphatic rings. The fourth-order valence-corrected chi connectivity index (χ4v) is 1.03. The van der Waals surface area contributed by atoms with Gasteiger partial charge in [0.05, 0.1) is 5.92 Å². The number of rotatable bonds is 6. The highest BCUT2D eigenvalue weighted by Crippen LogP contribution is 2.10. The van der Waals surface area contributed by atoms with Gasteiger partial charge in [-0.1, -0.05) is 38.8 Å². The first-order chi connectivity index (χ1) is 5.72. The predicted octanol–water partition coefficient (Wildman–Crippen LogP) is 2.84. The van der Waals surface area contributed by atoms with Gasteiger partial charge in [-0.2, -0.15) is 0 Å². The lowest BCUT2D eigenvalue weighted by molar-refractivity contribution is -0.140. The number of unbranched alkanes of at least 4 members (excludes halogenated alkanes) is 1. The van der Waals surface area contributed by atoms with E-state index in [0.717, 1.165) is 25.7 Å². The monoisotopic (exact) mass is 170 g/mol. The average molecular weight is 170 g/mol. The predicted molar refractivity (Wildman–Crippen MR) is 50.1 cm³/mol. The highest BCUT2D eigenvalue weighted by atomic mass is 16.4. The Morgan fingerprint density at radius 3 is 2.58 bits per heavy atom. The zero-order chi connectivity index (χ0) is 9.40. The summed E-state index contributed by atoms with van der Waals surface area (Å²) in [6.07, 6.45) is 7.46. The van der Waals surface area contributed by atoms with Crippen molar-refractivity contribution in [1.29, 1.82) is 0 Å². The molecule has 0 radical (unpaired) electrons. The molecule has 70 valence electrons. The molecule has 0 aromatic rings. The van der Waals surface area contributed by atoms with Gasteiger partial charge in [-0.05, 0) is 12.8 Å². The topological polar surface area (TPSA) is 37.3 Å². The largest absolute Gasteiger partial charge is 0.481 e. The molecule has 0 fully saturated rings. The van der Waals surface area contributed by atoms with Gasteiger partial charge in [0.1, 0.15) is 0 Å². The molecule has 0 saturated heterocycles. The van der Waals surface area contributed by atoms with E-state index in [1.54, 1.807) is 6.08 Å². The third kappa shape index (κ3) is 4.94. The van der Waals surface area contributed by atoms with Gasteiger partial charge in [0.2, 0.25) is 0 Å². The minimum absolute atomic E-state index is 0.273. The van der Waals surface area contributed by atoms with E-state index in [1.165, 1.54) is 0 Å². The summed E-state index contributed by atoms with van der Waals surface area (Å²) in [7, 11) is 0. The fourth-order valence-electron chi connectivity index (χ4n) is 1.03. The fraction of sp³-hybridized carbons (Fsp3) is 0.700. The molecule has 0 aliphatic carbocycles. The first-order valence-electron chi connectivity index (χ1n) is 4.61. The molecule has 0 aromatic carbocycles. The SMILES string of the molecule is CC/C=C/C(CCCC)C(=O)O. The van der Waals surface area contributed by atoms with Crippen molar-refractivity contribution in [2.45, 2.75) is 39.5 Å². The van der Waals surface area contributed by atoms with Gasteiger partial charge >= 0.3 is 5.97 Å². The lowest BCUT2D eigenvalue weighted by atomic mass is 10.0. The van der Waals surface area contributed by atoms with Crippen LogP contribution in [-0.4, -0.2) is 11.1 Å². The van der Waals surface area contributed by atoms with Crippen molar-refractivity contribution in [3.8, 4) is 0 Å². The highest BCUT2D eigenvalue weighted by molar-refractivity contribution is 5.72. The second-order valence-electron chi connectivity index (χ2n) is 2.92. The van der Waals surface area contributed by atoms with Crippen LogP contribution in [0.3, 0.4) is 0 Å². The molecule has 1 atom stereocenters. The third-order valence-electron chi connectivity index (χ3n) is 1.79. The summed E-state index contributed by atoms with van der Waals surface area (Å²) in [6, 6.07) is 0. The summed E-state index contributed by atoms with van der Waals surface area (Å²) in [5, 5.41) is 8.78. The number of hydrogen-bond donors (Lipinski definition) is 1. The van der Waals surface area contributed by atoms with Crippen LogP contribution < -0.4 is 0 Å². The molecule has 0 aliphatic heterocycles. The first-order valence-corrected chi connectivity index (χ1v) is 4.61. The Balaban J connectivity index is 3.86. The molecule has 0 bridgehead atoms. The van der Waals surface area contributed by atoms with Crippen LogP contribution in [0.25, 0.3) is 0 Å². The number of carboxylic acids is 1. The van der Waals surface area contributed by atoms with Gasteiger partial charge in [-0.15, -0.1) is 0 Å². The zero-order valence-electron chi connectivity index (χ0n) is 7.92. The quantitative estimate of drug-likeness (QED) is 0.622. The van der Waals surface area contributed by atoms with Crippen LogP contribution in [0.2, 0.25) is 0 Å².